The van der Waals surface area contributed by atoms with Gasteiger partial charge >= 0.3 is 0 Å². The Balaban J connectivity index is 1.68. The summed E-state index contributed by atoms with van der Waals surface area (Å²) in [6, 6.07) is 5.94. The van der Waals surface area contributed by atoms with Gasteiger partial charge in [0, 0.05) is 29.5 Å². The summed E-state index contributed by atoms with van der Waals surface area (Å²) in [5.41, 5.74) is 14.8. The molecule has 1 aliphatic carbocycles. The summed E-state index contributed by atoms with van der Waals surface area (Å²) in [6.45, 7) is 2.11. The molecule has 3 heterocycles. The van der Waals surface area contributed by atoms with Gasteiger partial charge in [-0.05, 0) is 48.4 Å². The number of aromatic nitrogens is 3. The molecule has 128 valence electrons. The van der Waals surface area contributed by atoms with E-state index < -0.39 is 0 Å². The summed E-state index contributed by atoms with van der Waals surface area (Å²) < 4.78 is 0. The Bertz CT molecular complexity index is 909. The van der Waals surface area contributed by atoms with Crippen LogP contribution in [0, 0.1) is 0 Å². The number of nitrogens with one attached hydrogen (secondary N) is 2. The van der Waals surface area contributed by atoms with Crippen molar-refractivity contribution < 1.29 is 4.84 Å². The molecule has 0 aromatic carbocycles. The molecule has 0 saturated heterocycles. The third kappa shape index (κ3) is 3.38. The number of nitrogen functional groups attached to an aromatic ring is 1. The molecule has 3 aromatic rings. The first-order valence-corrected chi connectivity index (χ1v) is 8.41. The lowest BCUT2D eigenvalue weighted by Gasteiger charge is -2.11. The second kappa shape index (κ2) is 6.62. The normalized spacial score (nSPS) is 14.0. The van der Waals surface area contributed by atoms with Crippen molar-refractivity contribution in [1.82, 2.24) is 20.5 Å². The molecule has 1 saturated carbocycles. The summed E-state index contributed by atoms with van der Waals surface area (Å²) in [6.07, 6.45) is 8.74. The first-order valence-electron chi connectivity index (χ1n) is 8.41. The third-order valence-electron chi connectivity index (χ3n) is 4.24. The van der Waals surface area contributed by atoms with E-state index in [-0.39, 0.29) is 0 Å². The van der Waals surface area contributed by atoms with E-state index in [1.807, 2.05) is 24.4 Å². The number of nitrogens with zero attached hydrogens (tertiary/aromatic N) is 3. The Hall–Kier alpha value is -2.77. The van der Waals surface area contributed by atoms with E-state index in [0.717, 1.165) is 41.3 Å². The van der Waals surface area contributed by atoms with Gasteiger partial charge in [0.15, 0.2) is 0 Å². The van der Waals surface area contributed by atoms with Gasteiger partial charge in [-0.15, -0.1) is 5.59 Å². The van der Waals surface area contributed by atoms with Gasteiger partial charge < -0.3 is 5.73 Å². The number of hydrazine groups is 1. The number of hydrogen-bond acceptors (Lipinski definition) is 7. The van der Waals surface area contributed by atoms with Crippen molar-refractivity contribution in [2.24, 2.45) is 0 Å². The van der Waals surface area contributed by atoms with E-state index in [4.69, 9.17) is 10.6 Å². The van der Waals surface area contributed by atoms with E-state index in [0.29, 0.717) is 17.7 Å². The van der Waals surface area contributed by atoms with Crippen LogP contribution in [0.25, 0.3) is 22.0 Å². The quantitative estimate of drug-likeness (QED) is 0.595. The minimum Gasteiger partial charge on any atom is -0.383 e. The van der Waals surface area contributed by atoms with Crippen LogP contribution < -0.4 is 16.7 Å². The fraction of sp³-hybridized carbons (Fsp3) is 0.278. The Morgan fingerprint density at radius 3 is 2.96 bits per heavy atom. The monoisotopic (exact) mass is 336 g/mol. The molecule has 7 nitrogen and oxygen atoms in total. The predicted molar refractivity (Wildman–Crippen MR) is 97.4 cm³/mol. The van der Waals surface area contributed by atoms with Crippen molar-refractivity contribution >= 4 is 22.4 Å². The Kier molecular flexibility index (Phi) is 4.17. The van der Waals surface area contributed by atoms with Crippen LogP contribution in [0.5, 0.6) is 0 Å². The maximum Gasteiger partial charge on any atom is 0.142 e. The molecular weight excluding hydrogens is 316 g/mol. The summed E-state index contributed by atoms with van der Waals surface area (Å²) >= 11 is 0. The highest BCUT2D eigenvalue weighted by molar-refractivity contribution is 5.94. The number of aryl methyl sites for hydroxylation is 1. The molecule has 0 aliphatic heterocycles. The van der Waals surface area contributed by atoms with Gasteiger partial charge in [-0.1, -0.05) is 6.92 Å². The highest BCUT2D eigenvalue weighted by Gasteiger charge is 2.22. The third-order valence-corrected chi connectivity index (χ3v) is 4.24. The lowest BCUT2D eigenvalue weighted by atomic mass is 10.0. The fourth-order valence-corrected chi connectivity index (χ4v) is 2.69. The molecule has 0 unspecified atom stereocenters. The average molecular weight is 336 g/mol. The first-order chi connectivity index (χ1) is 12.2. The largest absolute Gasteiger partial charge is 0.383 e. The predicted octanol–water partition coefficient (Wildman–Crippen LogP) is 2.85. The molecule has 0 spiro atoms. The molecule has 0 amide bonds. The standard InChI is InChI=1S/C18H20N6O/c1-2-11-5-6-20-9-14(11)16-7-12-8-17(23-24-25-13-3-4-13)21-10-15(12)18(19)22-16/h5-10,13,24H,2-4H2,1H3,(H2,19,22)(H,21,23). The highest BCUT2D eigenvalue weighted by atomic mass is 16.7. The van der Waals surface area contributed by atoms with Gasteiger partial charge in [0.1, 0.15) is 11.6 Å². The molecule has 1 aliphatic rings. The second-order valence-corrected chi connectivity index (χ2v) is 6.11. The zero-order chi connectivity index (χ0) is 17.2. The molecule has 3 aromatic heterocycles. The van der Waals surface area contributed by atoms with Crippen molar-refractivity contribution in [2.45, 2.75) is 32.3 Å². The Morgan fingerprint density at radius 1 is 1.28 bits per heavy atom. The van der Waals surface area contributed by atoms with Crippen LogP contribution in [0.1, 0.15) is 25.3 Å². The van der Waals surface area contributed by atoms with Crippen molar-refractivity contribution in [2.75, 3.05) is 11.2 Å². The molecule has 25 heavy (non-hydrogen) atoms. The van der Waals surface area contributed by atoms with Gasteiger partial charge in [0.25, 0.3) is 0 Å². The van der Waals surface area contributed by atoms with Crippen LogP contribution in [0.2, 0.25) is 0 Å². The average Bonchev–Trinajstić information content (AvgIpc) is 3.45. The highest BCUT2D eigenvalue weighted by Crippen LogP contribution is 2.29. The van der Waals surface area contributed by atoms with Crippen LogP contribution >= 0.6 is 0 Å². The molecule has 0 radical (unpaired) electrons. The number of hydrogen-bond donors (Lipinski definition) is 3. The van der Waals surface area contributed by atoms with E-state index in [2.05, 4.69) is 32.9 Å². The molecule has 0 atom stereocenters. The van der Waals surface area contributed by atoms with E-state index in [9.17, 15) is 0 Å². The minimum absolute atomic E-state index is 0.303. The van der Waals surface area contributed by atoms with Crippen LogP contribution in [0.4, 0.5) is 11.6 Å². The van der Waals surface area contributed by atoms with Crippen LogP contribution in [-0.2, 0) is 11.3 Å². The van der Waals surface area contributed by atoms with Crippen molar-refractivity contribution in [3.8, 4) is 11.3 Å². The second-order valence-electron chi connectivity index (χ2n) is 6.11. The number of nitrogens with two attached hydrogens (primary N) is 1. The summed E-state index contributed by atoms with van der Waals surface area (Å²) in [5, 5.41) is 1.78. The maximum atomic E-state index is 6.15. The van der Waals surface area contributed by atoms with Gasteiger partial charge in [0.2, 0.25) is 0 Å². The zero-order valence-electron chi connectivity index (χ0n) is 14.0. The number of anilines is 2. The molecule has 4 rings (SSSR count). The summed E-state index contributed by atoms with van der Waals surface area (Å²) in [4.78, 5) is 18.5. The number of rotatable bonds is 6. The smallest absolute Gasteiger partial charge is 0.142 e. The molecule has 7 heteroatoms. The topological polar surface area (TPSA) is 98.0 Å². The number of pyridine rings is 3. The first kappa shape index (κ1) is 15.7. The lowest BCUT2D eigenvalue weighted by molar-refractivity contribution is 0.0427. The molecule has 0 bridgehead atoms. The maximum absolute atomic E-state index is 6.15. The number of fused-ring (bicyclic) bond motifs is 1. The lowest BCUT2D eigenvalue weighted by Crippen LogP contribution is -2.23. The van der Waals surface area contributed by atoms with Crippen LogP contribution in [0.3, 0.4) is 0 Å². The van der Waals surface area contributed by atoms with Gasteiger partial charge in [0.05, 0.1) is 11.8 Å². The molecule has 4 N–H and O–H groups in total. The van der Waals surface area contributed by atoms with Crippen LogP contribution in [-0.4, -0.2) is 21.1 Å². The van der Waals surface area contributed by atoms with Gasteiger partial charge in [-0.25, -0.2) is 9.97 Å². The Morgan fingerprint density at radius 2 is 2.16 bits per heavy atom. The van der Waals surface area contributed by atoms with Gasteiger partial charge in [-0.2, -0.15) is 0 Å². The van der Waals surface area contributed by atoms with Crippen molar-refractivity contribution in [3.05, 3.63) is 42.4 Å². The van der Waals surface area contributed by atoms with Crippen molar-refractivity contribution in [3.63, 3.8) is 0 Å². The Labute approximate surface area is 145 Å². The van der Waals surface area contributed by atoms with E-state index in [1.54, 1.807) is 12.4 Å². The summed E-state index contributed by atoms with van der Waals surface area (Å²) in [7, 11) is 0. The van der Waals surface area contributed by atoms with Crippen molar-refractivity contribution in [1.29, 1.82) is 0 Å². The van der Waals surface area contributed by atoms with E-state index >= 15 is 0 Å². The van der Waals surface area contributed by atoms with E-state index in [1.165, 1.54) is 5.56 Å². The van der Waals surface area contributed by atoms with Crippen LogP contribution in [0.15, 0.2) is 36.8 Å². The fourth-order valence-electron chi connectivity index (χ4n) is 2.69. The molecular formula is C18H20N6O. The SMILES string of the molecule is CCc1ccncc1-c1cc2cc(NNOC3CC3)ncc2c(N)n1. The molecule has 1 fully saturated rings. The zero-order valence-corrected chi connectivity index (χ0v) is 14.0. The summed E-state index contributed by atoms with van der Waals surface area (Å²) in [5.74, 6) is 1.12. The minimum atomic E-state index is 0.303. The van der Waals surface area contributed by atoms with Gasteiger partial charge in [-0.3, -0.25) is 15.2 Å².